The van der Waals surface area contributed by atoms with Crippen molar-refractivity contribution in [3.05, 3.63) is 66.2 Å². The molecular formula is C21H19N3O3. The van der Waals surface area contributed by atoms with Gasteiger partial charge >= 0.3 is 5.97 Å². The van der Waals surface area contributed by atoms with E-state index in [2.05, 4.69) is 11.1 Å². The van der Waals surface area contributed by atoms with Crippen LogP contribution in [0, 0.1) is 0 Å². The van der Waals surface area contributed by atoms with E-state index in [0.29, 0.717) is 22.7 Å². The van der Waals surface area contributed by atoms with Crippen LogP contribution in [0.5, 0.6) is 5.75 Å². The van der Waals surface area contributed by atoms with Gasteiger partial charge in [0.25, 0.3) is 0 Å². The van der Waals surface area contributed by atoms with Crippen LogP contribution >= 0.6 is 0 Å². The zero-order valence-corrected chi connectivity index (χ0v) is 14.6. The number of benzene rings is 3. The number of nitrogen functional groups attached to an aromatic ring is 2. The molecule has 1 aromatic heterocycles. The number of hydrogen-bond acceptors (Lipinski definition) is 5. The predicted molar refractivity (Wildman–Crippen MR) is 107 cm³/mol. The second-order valence-electron chi connectivity index (χ2n) is 6.25. The quantitative estimate of drug-likeness (QED) is 0.285. The number of fused-ring (bicyclic) bond motifs is 3. The number of nitrogens with two attached hydrogens (primary N) is 2. The minimum absolute atomic E-state index is 0.123. The lowest BCUT2D eigenvalue weighted by Gasteiger charge is -2.08. The first kappa shape index (κ1) is 16.8. The van der Waals surface area contributed by atoms with Gasteiger partial charge in [-0.2, -0.15) is 0 Å². The number of aromatic amines is 1. The van der Waals surface area contributed by atoms with Gasteiger partial charge in [-0.15, -0.1) is 0 Å². The van der Waals surface area contributed by atoms with Gasteiger partial charge in [0.15, 0.2) is 0 Å². The van der Waals surface area contributed by atoms with E-state index in [9.17, 15) is 4.79 Å². The molecule has 6 heteroatoms. The molecule has 1 heterocycles. The summed E-state index contributed by atoms with van der Waals surface area (Å²) in [7, 11) is 0. The highest BCUT2D eigenvalue weighted by Gasteiger charge is 2.09. The molecule has 0 atom stereocenters. The summed E-state index contributed by atoms with van der Waals surface area (Å²) in [5.41, 5.74) is 14.6. The van der Waals surface area contributed by atoms with E-state index in [4.69, 9.17) is 20.9 Å². The van der Waals surface area contributed by atoms with Crippen LogP contribution in [0.15, 0.2) is 60.7 Å². The van der Waals surface area contributed by atoms with E-state index in [1.165, 1.54) is 17.5 Å². The highest BCUT2D eigenvalue weighted by atomic mass is 16.6. The van der Waals surface area contributed by atoms with E-state index in [1.807, 2.05) is 36.4 Å². The molecule has 0 amide bonds. The molecule has 4 aromatic rings. The average Bonchev–Trinajstić information content (AvgIpc) is 3.02. The average molecular weight is 361 g/mol. The van der Waals surface area contributed by atoms with Crippen LogP contribution in [0.25, 0.3) is 21.8 Å². The molecule has 0 saturated heterocycles. The molecule has 0 unspecified atom stereocenters. The molecule has 0 aliphatic heterocycles. The Bertz CT molecular complexity index is 1110. The SMILES string of the molecule is Nc1cc(N)cc(C(=O)OCCOc2ccc3c(c2)[nH]c2ccccc23)c1. The predicted octanol–water partition coefficient (Wildman–Crippen LogP) is 3.72. The summed E-state index contributed by atoms with van der Waals surface area (Å²) < 4.78 is 10.9. The van der Waals surface area contributed by atoms with Gasteiger partial charge in [-0.3, -0.25) is 0 Å². The van der Waals surface area contributed by atoms with Gasteiger partial charge in [0, 0.05) is 33.7 Å². The van der Waals surface area contributed by atoms with E-state index in [-0.39, 0.29) is 13.2 Å². The number of rotatable bonds is 5. The topological polar surface area (TPSA) is 103 Å². The Morgan fingerprint density at radius 1 is 0.852 bits per heavy atom. The third-order valence-corrected chi connectivity index (χ3v) is 4.28. The number of H-pyrrole nitrogens is 1. The van der Waals surface area contributed by atoms with Crippen molar-refractivity contribution in [1.82, 2.24) is 4.98 Å². The van der Waals surface area contributed by atoms with E-state index in [0.717, 1.165) is 16.4 Å². The first-order valence-corrected chi connectivity index (χ1v) is 8.56. The van der Waals surface area contributed by atoms with Gasteiger partial charge in [0.05, 0.1) is 11.1 Å². The largest absolute Gasteiger partial charge is 0.490 e. The van der Waals surface area contributed by atoms with Crippen molar-refractivity contribution in [3.63, 3.8) is 0 Å². The highest BCUT2D eigenvalue weighted by molar-refractivity contribution is 6.07. The lowest BCUT2D eigenvalue weighted by molar-refractivity contribution is 0.0450. The summed E-state index contributed by atoms with van der Waals surface area (Å²) in [4.78, 5) is 15.4. The first-order chi connectivity index (χ1) is 13.1. The fraction of sp³-hybridized carbons (Fsp3) is 0.0952. The Balaban J connectivity index is 1.37. The number of para-hydroxylation sites is 1. The van der Waals surface area contributed by atoms with Crippen LogP contribution in [-0.2, 0) is 4.74 Å². The Morgan fingerprint density at radius 2 is 1.59 bits per heavy atom. The minimum atomic E-state index is -0.483. The van der Waals surface area contributed by atoms with Crippen LogP contribution in [0.2, 0.25) is 0 Å². The fourth-order valence-corrected chi connectivity index (χ4v) is 3.10. The molecule has 0 spiro atoms. The van der Waals surface area contributed by atoms with Crippen LogP contribution < -0.4 is 16.2 Å². The Morgan fingerprint density at radius 3 is 2.41 bits per heavy atom. The third-order valence-electron chi connectivity index (χ3n) is 4.28. The zero-order valence-electron chi connectivity index (χ0n) is 14.6. The number of esters is 1. The summed E-state index contributed by atoms with van der Waals surface area (Å²) >= 11 is 0. The third kappa shape index (κ3) is 3.50. The molecule has 0 bridgehead atoms. The van der Waals surface area contributed by atoms with E-state index >= 15 is 0 Å². The van der Waals surface area contributed by atoms with Crippen LogP contribution in [0.4, 0.5) is 11.4 Å². The van der Waals surface area contributed by atoms with Crippen molar-refractivity contribution < 1.29 is 14.3 Å². The minimum Gasteiger partial charge on any atom is -0.490 e. The summed E-state index contributed by atoms with van der Waals surface area (Å²) in [5.74, 6) is 0.224. The van der Waals surface area contributed by atoms with Crippen molar-refractivity contribution in [2.45, 2.75) is 0 Å². The Labute approximate surface area is 155 Å². The molecule has 5 N–H and O–H groups in total. The number of nitrogens with one attached hydrogen (secondary N) is 1. The van der Waals surface area contributed by atoms with Gasteiger partial charge in [-0.1, -0.05) is 18.2 Å². The molecular weight excluding hydrogens is 342 g/mol. The van der Waals surface area contributed by atoms with E-state index < -0.39 is 5.97 Å². The van der Waals surface area contributed by atoms with Gasteiger partial charge < -0.3 is 25.9 Å². The summed E-state index contributed by atoms with van der Waals surface area (Å²) in [5, 5.41) is 2.32. The molecule has 0 saturated carbocycles. The number of carbonyl (C=O) groups is 1. The standard InChI is InChI=1S/C21H19N3O3/c22-14-9-13(10-15(23)11-14)21(25)27-8-7-26-16-5-6-18-17-3-1-2-4-19(17)24-20(18)12-16/h1-6,9-12,24H,7-8,22-23H2. The summed E-state index contributed by atoms with van der Waals surface area (Å²) in [6.07, 6.45) is 0. The normalized spacial score (nSPS) is 11.0. The number of anilines is 2. The second kappa shape index (κ2) is 6.92. The zero-order chi connectivity index (χ0) is 18.8. The van der Waals surface area contributed by atoms with Gasteiger partial charge in [0.2, 0.25) is 0 Å². The first-order valence-electron chi connectivity index (χ1n) is 8.56. The second-order valence-corrected chi connectivity index (χ2v) is 6.25. The maximum Gasteiger partial charge on any atom is 0.338 e. The Hall–Kier alpha value is -3.67. The van der Waals surface area contributed by atoms with Crippen molar-refractivity contribution >= 4 is 39.1 Å². The highest BCUT2D eigenvalue weighted by Crippen LogP contribution is 2.28. The Kier molecular flexibility index (Phi) is 4.30. The van der Waals surface area contributed by atoms with Crippen molar-refractivity contribution in [2.75, 3.05) is 24.7 Å². The molecule has 3 aromatic carbocycles. The smallest absolute Gasteiger partial charge is 0.338 e. The van der Waals surface area contributed by atoms with Crippen LogP contribution in [-0.4, -0.2) is 24.2 Å². The van der Waals surface area contributed by atoms with Gasteiger partial charge in [-0.25, -0.2) is 4.79 Å². The summed E-state index contributed by atoms with van der Waals surface area (Å²) in [6.45, 7) is 0.369. The van der Waals surface area contributed by atoms with Crippen molar-refractivity contribution in [3.8, 4) is 5.75 Å². The van der Waals surface area contributed by atoms with Crippen molar-refractivity contribution in [2.24, 2.45) is 0 Å². The maximum atomic E-state index is 12.0. The maximum absolute atomic E-state index is 12.0. The monoisotopic (exact) mass is 361 g/mol. The molecule has 6 nitrogen and oxygen atoms in total. The number of aromatic nitrogens is 1. The molecule has 0 fully saturated rings. The number of carbonyl (C=O) groups excluding carboxylic acids is 1. The molecule has 0 aliphatic carbocycles. The molecule has 4 rings (SSSR count). The fourth-order valence-electron chi connectivity index (χ4n) is 3.10. The lowest BCUT2D eigenvalue weighted by atomic mass is 10.1. The molecule has 0 aliphatic rings. The van der Waals surface area contributed by atoms with Crippen LogP contribution in [0.3, 0.4) is 0 Å². The van der Waals surface area contributed by atoms with E-state index in [1.54, 1.807) is 6.07 Å². The lowest BCUT2D eigenvalue weighted by Crippen LogP contribution is -2.13. The number of ether oxygens (including phenoxy) is 2. The van der Waals surface area contributed by atoms with Gasteiger partial charge in [-0.05, 0) is 36.4 Å². The molecule has 136 valence electrons. The summed E-state index contributed by atoms with van der Waals surface area (Å²) in [6, 6.07) is 18.6. The number of hydrogen-bond donors (Lipinski definition) is 3. The molecule has 27 heavy (non-hydrogen) atoms. The van der Waals surface area contributed by atoms with Gasteiger partial charge in [0.1, 0.15) is 19.0 Å². The van der Waals surface area contributed by atoms with Crippen LogP contribution in [0.1, 0.15) is 10.4 Å². The molecule has 0 radical (unpaired) electrons. The van der Waals surface area contributed by atoms with Crippen molar-refractivity contribution in [1.29, 1.82) is 0 Å².